The van der Waals surface area contributed by atoms with E-state index in [2.05, 4.69) is 10.2 Å². The summed E-state index contributed by atoms with van der Waals surface area (Å²) in [7, 11) is 0. The maximum atomic E-state index is 13.8. The standard InChI is InChI=1S/C21H24F3N3O2/c1-15(21(28)25-18-8-7-17(22)19(23)20(18)24)27-11-9-26(10-12-27)13-14-29-16-5-3-2-4-6-16/h2-8,15H,9-14H2,1H3,(H,25,28)/t15-/m0/s1. The van der Waals surface area contributed by atoms with Gasteiger partial charge in [-0.3, -0.25) is 14.6 Å². The second-order valence-corrected chi connectivity index (χ2v) is 6.93. The van der Waals surface area contributed by atoms with E-state index < -0.39 is 29.4 Å². The number of nitrogens with zero attached hydrogens (tertiary/aromatic N) is 2. The minimum Gasteiger partial charge on any atom is -0.492 e. The number of carbonyl (C=O) groups is 1. The molecule has 8 heteroatoms. The number of hydrogen-bond acceptors (Lipinski definition) is 4. The van der Waals surface area contributed by atoms with Gasteiger partial charge < -0.3 is 10.1 Å². The molecule has 1 amide bonds. The summed E-state index contributed by atoms with van der Waals surface area (Å²) in [6.45, 7) is 5.95. The highest BCUT2D eigenvalue weighted by Gasteiger charge is 2.26. The minimum atomic E-state index is -1.60. The molecule has 0 aromatic heterocycles. The SMILES string of the molecule is C[C@@H](C(=O)Nc1ccc(F)c(F)c1F)N1CCN(CCOc2ccccc2)CC1. The van der Waals surface area contributed by atoms with E-state index in [1.807, 2.05) is 35.2 Å². The number of halogens is 3. The van der Waals surface area contributed by atoms with Crippen LogP contribution in [0.3, 0.4) is 0 Å². The quantitative estimate of drug-likeness (QED) is 0.717. The first-order chi connectivity index (χ1) is 14.0. The number of hydrogen-bond donors (Lipinski definition) is 1. The van der Waals surface area contributed by atoms with Gasteiger partial charge in [-0.15, -0.1) is 0 Å². The Labute approximate surface area is 168 Å². The summed E-state index contributed by atoms with van der Waals surface area (Å²) in [6.07, 6.45) is 0. The summed E-state index contributed by atoms with van der Waals surface area (Å²) in [4.78, 5) is 16.6. The van der Waals surface area contributed by atoms with Gasteiger partial charge in [0.05, 0.1) is 11.7 Å². The van der Waals surface area contributed by atoms with Crippen molar-refractivity contribution in [2.75, 3.05) is 44.6 Å². The first kappa shape index (κ1) is 21.1. The molecule has 156 valence electrons. The van der Waals surface area contributed by atoms with Gasteiger partial charge in [0, 0.05) is 32.7 Å². The lowest BCUT2D eigenvalue weighted by Gasteiger charge is -2.37. The third kappa shape index (κ3) is 5.48. The average molecular weight is 407 g/mol. The Hall–Kier alpha value is -2.58. The van der Waals surface area contributed by atoms with Crippen molar-refractivity contribution in [3.8, 4) is 5.75 Å². The summed E-state index contributed by atoms with van der Waals surface area (Å²) in [5.74, 6) is -3.91. The lowest BCUT2D eigenvalue weighted by Crippen LogP contribution is -2.53. The zero-order chi connectivity index (χ0) is 20.8. The second kappa shape index (κ2) is 9.76. The van der Waals surface area contributed by atoms with Crippen LogP contribution in [-0.2, 0) is 4.79 Å². The normalized spacial score (nSPS) is 16.4. The molecule has 1 saturated heterocycles. The maximum Gasteiger partial charge on any atom is 0.241 e. The van der Waals surface area contributed by atoms with Crippen molar-refractivity contribution < 1.29 is 22.7 Å². The molecule has 1 atom stereocenters. The molecule has 1 aliphatic heterocycles. The van der Waals surface area contributed by atoms with Crippen LogP contribution in [0.15, 0.2) is 42.5 Å². The molecule has 0 saturated carbocycles. The molecule has 0 bridgehead atoms. The zero-order valence-corrected chi connectivity index (χ0v) is 16.2. The van der Waals surface area contributed by atoms with E-state index in [0.717, 1.165) is 37.5 Å². The summed E-state index contributed by atoms with van der Waals surface area (Å²) in [5, 5.41) is 2.34. The molecule has 2 aromatic carbocycles. The smallest absolute Gasteiger partial charge is 0.241 e. The highest BCUT2D eigenvalue weighted by molar-refractivity contribution is 5.94. The number of rotatable bonds is 7. The third-order valence-corrected chi connectivity index (χ3v) is 5.05. The predicted molar refractivity (Wildman–Crippen MR) is 104 cm³/mol. The minimum absolute atomic E-state index is 0.363. The molecular formula is C21H24F3N3O2. The molecule has 0 unspecified atom stereocenters. The molecule has 1 heterocycles. The van der Waals surface area contributed by atoms with Gasteiger partial charge in [0.1, 0.15) is 12.4 Å². The fraction of sp³-hybridized carbons (Fsp3) is 0.381. The van der Waals surface area contributed by atoms with Crippen LogP contribution < -0.4 is 10.1 Å². The Morgan fingerprint density at radius 1 is 1.03 bits per heavy atom. The Morgan fingerprint density at radius 3 is 2.41 bits per heavy atom. The van der Waals surface area contributed by atoms with Crippen LogP contribution in [0.2, 0.25) is 0 Å². The van der Waals surface area contributed by atoms with E-state index in [0.29, 0.717) is 19.7 Å². The molecule has 1 N–H and O–H groups in total. The number of benzene rings is 2. The zero-order valence-electron chi connectivity index (χ0n) is 16.2. The van der Waals surface area contributed by atoms with Gasteiger partial charge in [0.2, 0.25) is 5.91 Å². The highest BCUT2D eigenvalue weighted by atomic mass is 19.2. The van der Waals surface area contributed by atoms with Crippen LogP contribution in [0.1, 0.15) is 6.92 Å². The van der Waals surface area contributed by atoms with Crippen molar-refractivity contribution in [2.24, 2.45) is 0 Å². The number of piperazine rings is 1. The largest absolute Gasteiger partial charge is 0.492 e. The number of carbonyl (C=O) groups excluding carboxylic acids is 1. The molecule has 0 spiro atoms. The molecule has 1 fully saturated rings. The van der Waals surface area contributed by atoms with E-state index in [1.165, 1.54) is 0 Å². The fourth-order valence-electron chi connectivity index (χ4n) is 3.21. The lowest BCUT2D eigenvalue weighted by atomic mass is 10.2. The molecular weight excluding hydrogens is 383 g/mol. The van der Waals surface area contributed by atoms with Gasteiger partial charge in [-0.2, -0.15) is 0 Å². The lowest BCUT2D eigenvalue weighted by molar-refractivity contribution is -0.121. The summed E-state index contributed by atoms with van der Waals surface area (Å²) >= 11 is 0. The monoisotopic (exact) mass is 407 g/mol. The Bertz CT molecular complexity index is 827. The molecule has 5 nitrogen and oxygen atoms in total. The average Bonchev–Trinajstić information content (AvgIpc) is 2.75. The molecule has 0 radical (unpaired) electrons. The van der Waals surface area contributed by atoms with Crippen LogP contribution >= 0.6 is 0 Å². The molecule has 1 aliphatic rings. The fourth-order valence-corrected chi connectivity index (χ4v) is 3.21. The topological polar surface area (TPSA) is 44.8 Å². The van der Waals surface area contributed by atoms with E-state index in [-0.39, 0.29) is 5.69 Å². The van der Waals surface area contributed by atoms with E-state index in [1.54, 1.807) is 6.92 Å². The number of anilines is 1. The Balaban J connectivity index is 1.44. The number of amides is 1. The third-order valence-electron chi connectivity index (χ3n) is 5.05. The summed E-state index contributed by atoms with van der Waals surface area (Å²) < 4.78 is 45.8. The van der Waals surface area contributed by atoms with Crippen LogP contribution in [0, 0.1) is 17.5 Å². The molecule has 3 rings (SSSR count). The van der Waals surface area contributed by atoms with Crippen LogP contribution in [-0.4, -0.2) is 61.1 Å². The number of ether oxygens (including phenoxy) is 1. The molecule has 29 heavy (non-hydrogen) atoms. The first-order valence-electron chi connectivity index (χ1n) is 9.54. The number of para-hydroxylation sites is 1. The second-order valence-electron chi connectivity index (χ2n) is 6.93. The van der Waals surface area contributed by atoms with Gasteiger partial charge in [-0.25, -0.2) is 13.2 Å². The molecule has 0 aliphatic carbocycles. The van der Waals surface area contributed by atoms with Crippen molar-refractivity contribution in [3.05, 3.63) is 59.9 Å². The van der Waals surface area contributed by atoms with Gasteiger partial charge in [0.25, 0.3) is 0 Å². The predicted octanol–water partition coefficient (Wildman–Crippen LogP) is 3.13. The van der Waals surface area contributed by atoms with Gasteiger partial charge in [-0.1, -0.05) is 18.2 Å². The van der Waals surface area contributed by atoms with E-state index >= 15 is 0 Å². The van der Waals surface area contributed by atoms with E-state index in [9.17, 15) is 18.0 Å². The summed E-state index contributed by atoms with van der Waals surface area (Å²) in [6, 6.07) is 10.9. The van der Waals surface area contributed by atoms with Crippen molar-refractivity contribution in [3.63, 3.8) is 0 Å². The first-order valence-corrected chi connectivity index (χ1v) is 9.54. The van der Waals surface area contributed by atoms with Crippen molar-refractivity contribution in [1.82, 2.24) is 9.80 Å². The van der Waals surface area contributed by atoms with Gasteiger partial charge >= 0.3 is 0 Å². The van der Waals surface area contributed by atoms with E-state index in [4.69, 9.17) is 4.74 Å². The Kier molecular flexibility index (Phi) is 7.11. The molecule has 2 aromatic rings. The maximum absolute atomic E-state index is 13.8. The van der Waals surface area contributed by atoms with Gasteiger partial charge in [0.15, 0.2) is 17.5 Å². The van der Waals surface area contributed by atoms with Crippen LogP contribution in [0.5, 0.6) is 5.75 Å². The van der Waals surface area contributed by atoms with Crippen LogP contribution in [0.25, 0.3) is 0 Å². The number of nitrogens with one attached hydrogen (secondary N) is 1. The van der Waals surface area contributed by atoms with Crippen LogP contribution in [0.4, 0.5) is 18.9 Å². The van der Waals surface area contributed by atoms with Crippen molar-refractivity contribution in [2.45, 2.75) is 13.0 Å². The highest BCUT2D eigenvalue weighted by Crippen LogP contribution is 2.20. The van der Waals surface area contributed by atoms with Gasteiger partial charge in [-0.05, 0) is 31.2 Å². The Morgan fingerprint density at radius 2 is 1.72 bits per heavy atom. The van der Waals surface area contributed by atoms with Crippen molar-refractivity contribution in [1.29, 1.82) is 0 Å². The summed E-state index contributed by atoms with van der Waals surface area (Å²) in [5.41, 5.74) is -0.363. The van der Waals surface area contributed by atoms with Crippen molar-refractivity contribution >= 4 is 11.6 Å².